The lowest BCUT2D eigenvalue weighted by molar-refractivity contribution is -0.121. The van der Waals surface area contributed by atoms with Crippen molar-refractivity contribution in [3.8, 4) is 0 Å². The summed E-state index contributed by atoms with van der Waals surface area (Å²) >= 11 is 6.06. The van der Waals surface area contributed by atoms with Gasteiger partial charge in [0.1, 0.15) is 5.25 Å². The van der Waals surface area contributed by atoms with E-state index in [1.54, 1.807) is 13.0 Å². The van der Waals surface area contributed by atoms with Crippen molar-refractivity contribution < 1.29 is 9.00 Å². The van der Waals surface area contributed by atoms with Crippen LogP contribution in [0.3, 0.4) is 0 Å². The van der Waals surface area contributed by atoms with Gasteiger partial charge in [-0.2, -0.15) is 0 Å². The standard InChI is InChI=1S/C15H20ClNO2S/c1-11(15(18)17-13-7-3-4-8-13)20(19)10-12-6-2-5-9-14(12)16/h2,5-6,9,11,13H,3-4,7-8,10H2,1H3,(H,17,18)/t11-,20+/m1/s1. The van der Waals surface area contributed by atoms with Gasteiger partial charge in [-0.1, -0.05) is 42.6 Å². The minimum absolute atomic E-state index is 0.109. The van der Waals surface area contributed by atoms with Crippen LogP contribution in [-0.4, -0.2) is 21.4 Å². The summed E-state index contributed by atoms with van der Waals surface area (Å²) in [6.07, 6.45) is 4.41. The molecule has 0 heterocycles. The number of rotatable bonds is 5. The first kappa shape index (κ1) is 15.5. The van der Waals surface area contributed by atoms with E-state index in [-0.39, 0.29) is 11.9 Å². The predicted octanol–water partition coefficient (Wildman–Crippen LogP) is 3.04. The summed E-state index contributed by atoms with van der Waals surface area (Å²) in [6, 6.07) is 7.59. The van der Waals surface area contributed by atoms with Crippen LogP contribution in [0.5, 0.6) is 0 Å². The van der Waals surface area contributed by atoms with Crippen LogP contribution in [0.2, 0.25) is 5.02 Å². The van der Waals surface area contributed by atoms with E-state index in [9.17, 15) is 9.00 Å². The molecule has 0 unspecified atom stereocenters. The fourth-order valence-electron chi connectivity index (χ4n) is 2.40. The Morgan fingerprint density at radius 3 is 2.70 bits per heavy atom. The number of amides is 1. The van der Waals surface area contributed by atoms with E-state index >= 15 is 0 Å². The third-order valence-corrected chi connectivity index (χ3v) is 5.69. The van der Waals surface area contributed by atoms with E-state index in [0.29, 0.717) is 10.8 Å². The Balaban J connectivity index is 1.91. The Morgan fingerprint density at radius 2 is 2.05 bits per heavy atom. The Kier molecular flexibility index (Phi) is 5.61. The van der Waals surface area contributed by atoms with Crippen LogP contribution in [-0.2, 0) is 21.3 Å². The molecule has 1 saturated carbocycles. The van der Waals surface area contributed by atoms with Crippen LogP contribution >= 0.6 is 11.6 Å². The molecule has 3 nitrogen and oxygen atoms in total. The van der Waals surface area contributed by atoms with Gasteiger partial charge in [0, 0.05) is 21.9 Å². The zero-order chi connectivity index (χ0) is 14.5. The van der Waals surface area contributed by atoms with Crippen molar-refractivity contribution in [2.45, 2.75) is 49.7 Å². The summed E-state index contributed by atoms with van der Waals surface area (Å²) in [5.74, 6) is 0.209. The summed E-state index contributed by atoms with van der Waals surface area (Å²) < 4.78 is 12.3. The Labute approximate surface area is 127 Å². The van der Waals surface area contributed by atoms with E-state index in [1.165, 1.54) is 12.8 Å². The van der Waals surface area contributed by atoms with Crippen molar-refractivity contribution in [3.63, 3.8) is 0 Å². The molecule has 1 amide bonds. The molecule has 1 aromatic rings. The van der Waals surface area contributed by atoms with Crippen molar-refractivity contribution in [2.75, 3.05) is 0 Å². The first-order valence-electron chi connectivity index (χ1n) is 6.99. The molecule has 1 fully saturated rings. The number of halogens is 1. The molecule has 1 aliphatic carbocycles. The summed E-state index contributed by atoms with van der Waals surface area (Å²) in [7, 11) is -1.25. The Morgan fingerprint density at radius 1 is 1.40 bits per heavy atom. The molecule has 0 radical (unpaired) electrons. The van der Waals surface area contributed by atoms with Crippen LogP contribution < -0.4 is 5.32 Å². The molecule has 0 aliphatic heterocycles. The van der Waals surface area contributed by atoms with Crippen LogP contribution in [0.1, 0.15) is 38.2 Å². The maximum Gasteiger partial charge on any atom is 0.235 e. The molecular formula is C15H20ClNO2S. The number of benzene rings is 1. The number of nitrogens with one attached hydrogen (secondary N) is 1. The first-order chi connectivity index (χ1) is 9.58. The van der Waals surface area contributed by atoms with Gasteiger partial charge >= 0.3 is 0 Å². The average molecular weight is 314 g/mol. The topological polar surface area (TPSA) is 46.2 Å². The lowest BCUT2D eigenvalue weighted by Crippen LogP contribution is -2.40. The zero-order valence-electron chi connectivity index (χ0n) is 11.6. The molecule has 0 spiro atoms. The molecule has 0 bridgehead atoms. The predicted molar refractivity (Wildman–Crippen MR) is 83.2 cm³/mol. The molecular weight excluding hydrogens is 294 g/mol. The maximum absolute atomic E-state index is 12.3. The molecule has 1 N–H and O–H groups in total. The molecule has 0 aromatic heterocycles. The molecule has 2 atom stereocenters. The highest BCUT2D eigenvalue weighted by atomic mass is 35.5. The van der Waals surface area contributed by atoms with Crippen molar-refractivity contribution >= 4 is 28.3 Å². The normalized spacial score (nSPS) is 18.7. The highest BCUT2D eigenvalue weighted by Gasteiger charge is 2.24. The van der Waals surface area contributed by atoms with Gasteiger partial charge in [-0.15, -0.1) is 0 Å². The second-order valence-electron chi connectivity index (χ2n) is 5.25. The summed E-state index contributed by atoms with van der Waals surface area (Å²) in [5.41, 5.74) is 0.827. The fraction of sp³-hybridized carbons (Fsp3) is 0.533. The minimum atomic E-state index is -1.25. The van der Waals surface area contributed by atoms with Crippen molar-refractivity contribution in [2.24, 2.45) is 0 Å². The summed E-state index contributed by atoms with van der Waals surface area (Å²) in [6.45, 7) is 1.72. The zero-order valence-corrected chi connectivity index (χ0v) is 13.2. The van der Waals surface area contributed by atoms with Crippen LogP contribution in [0.15, 0.2) is 24.3 Å². The van der Waals surface area contributed by atoms with Gasteiger partial charge in [0.25, 0.3) is 0 Å². The number of carbonyl (C=O) groups excluding carboxylic acids is 1. The van der Waals surface area contributed by atoms with Crippen LogP contribution in [0.4, 0.5) is 0 Å². The highest BCUT2D eigenvalue weighted by Crippen LogP contribution is 2.20. The number of hydrogen-bond acceptors (Lipinski definition) is 2. The Hall–Kier alpha value is -0.870. The summed E-state index contributed by atoms with van der Waals surface area (Å²) in [5, 5.41) is 3.09. The summed E-state index contributed by atoms with van der Waals surface area (Å²) in [4.78, 5) is 12.1. The second kappa shape index (κ2) is 7.23. The first-order valence-corrected chi connectivity index (χ1v) is 8.75. The number of carbonyl (C=O) groups is 1. The van der Waals surface area contributed by atoms with E-state index < -0.39 is 16.0 Å². The SMILES string of the molecule is C[C@H](C(=O)NC1CCCC1)[S@@](=O)Cc1ccccc1Cl. The molecule has 1 aromatic carbocycles. The van der Waals surface area contributed by atoms with Gasteiger partial charge in [-0.25, -0.2) is 0 Å². The quantitative estimate of drug-likeness (QED) is 0.908. The van der Waals surface area contributed by atoms with E-state index in [4.69, 9.17) is 11.6 Å². The highest BCUT2D eigenvalue weighted by molar-refractivity contribution is 7.85. The molecule has 0 saturated heterocycles. The third-order valence-electron chi connectivity index (χ3n) is 3.72. The minimum Gasteiger partial charge on any atom is -0.352 e. The van der Waals surface area contributed by atoms with Gasteiger partial charge in [-0.05, 0) is 31.4 Å². The molecule has 5 heteroatoms. The van der Waals surface area contributed by atoms with Gasteiger partial charge in [0.2, 0.25) is 5.91 Å². The van der Waals surface area contributed by atoms with Gasteiger partial charge in [0.15, 0.2) is 0 Å². The van der Waals surface area contributed by atoms with Crippen LogP contribution in [0.25, 0.3) is 0 Å². The Bertz CT molecular complexity index is 500. The monoisotopic (exact) mass is 313 g/mol. The fourth-order valence-corrected chi connectivity index (χ4v) is 3.80. The second-order valence-corrected chi connectivity index (χ2v) is 7.41. The van der Waals surface area contributed by atoms with Crippen molar-refractivity contribution in [3.05, 3.63) is 34.9 Å². The third kappa shape index (κ3) is 4.06. The number of hydrogen-bond donors (Lipinski definition) is 1. The molecule has 20 heavy (non-hydrogen) atoms. The average Bonchev–Trinajstić information content (AvgIpc) is 2.93. The maximum atomic E-state index is 12.3. The molecule has 110 valence electrons. The van der Waals surface area contributed by atoms with E-state index in [1.807, 2.05) is 18.2 Å². The molecule has 1 aliphatic rings. The van der Waals surface area contributed by atoms with Gasteiger partial charge in [-0.3, -0.25) is 9.00 Å². The van der Waals surface area contributed by atoms with E-state index in [2.05, 4.69) is 5.32 Å². The van der Waals surface area contributed by atoms with Gasteiger partial charge < -0.3 is 5.32 Å². The largest absolute Gasteiger partial charge is 0.352 e. The van der Waals surface area contributed by atoms with E-state index in [0.717, 1.165) is 18.4 Å². The van der Waals surface area contributed by atoms with Gasteiger partial charge in [0.05, 0.1) is 5.75 Å². The van der Waals surface area contributed by atoms with Crippen LogP contribution in [0, 0.1) is 0 Å². The van der Waals surface area contributed by atoms with Crippen molar-refractivity contribution in [1.29, 1.82) is 0 Å². The molecule has 2 rings (SSSR count). The lowest BCUT2D eigenvalue weighted by Gasteiger charge is -2.16. The smallest absolute Gasteiger partial charge is 0.235 e. The lowest BCUT2D eigenvalue weighted by atomic mass is 10.2. The van der Waals surface area contributed by atoms with Crippen molar-refractivity contribution in [1.82, 2.24) is 5.32 Å².